The monoisotopic (exact) mass is 470 g/mol. The van der Waals surface area contributed by atoms with E-state index in [-0.39, 0.29) is 0 Å². The fourth-order valence-corrected chi connectivity index (χ4v) is 2.58. The molecule has 198 valence electrons. The molecule has 34 heavy (non-hydrogen) atoms. The molecule has 0 amide bonds. The van der Waals surface area contributed by atoms with Crippen LogP contribution in [0, 0.1) is 0 Å². The summed E-state index contributed by atoms with van der Waals surface area (Å²) in [6.07, 6.45) is 9.00. The fraction of sp³-hybridized carbons (Fsp3) is 0.529. The van der Waals surface area contributed by atoms with Crippen LogP contribution in [0.3, 0.4) is 0 Å². The lowest BCUT2D eigenvalue weighted by molar-refractivity contribution is 0.504. The van der Waals surface area contributed by atoms with Crippen molar-refractivity contribution in [1.82, 2.24) is 0 Å². The molecule has 1 aliphatic carbocycles. The minimum Gasteiger partial charge on any atom is -0.0683 e. The lowest BCUT2D eigenvalue weighted by Crippen LogP contribution is -1.85. The van der Waals surface area contributed by atoms with E-state index in [2.05, 4.69) is 48.5 Å². The Morgan fingerprint density at radius 3 is 0.559 bits per heavy atom. The van der Waals surface area contributed by atoms with Crippen LogP contribution >= 0.6 is 0 Å². The van der Waals surface area contributed by atoms with Crippen LogP contribution in [0.25, 0.3) is 10.8 Å². The topological polar surface area (TPSA) is 0 Å². The summed E-state index contributed by atoms with van der Waals surface area (Å²) in [5.74, 6) is 0. The van der Waals surface area contributed by atoms with Crippen molar-refractivity contribution in [3.8, 4) is 0 Å². The van der Waals surface area contributed by atoms with Gasteiger partial charge in [0.05, 0.1) is 0 Å². The molecule has 3 aromatic carbocycles. The van der Waals surface area contributed by atoms with Crippen molar-refractivity contribution < 1.29 is 0 Å². The summed E-state index contributed by atoms with van der Waals surface area (Å²) in [6, 6.07) is 28.7. The summed E-state index contributed by atoms with van der Waals surface area (Å²) < 4.78 is 0. The van der Waals surface area contributed by atoms with Gasteiger partial charge in [-0.15, -0.1) is 0 Å². The van der Waals surface area contributed by atoms with Crippen molar-refractivity contribution in [2.75, 3.05) is 0 Å². The Morgan fingerprint density at radius 2 is 0.412 bits per heavy atom. The molecule has 0 spiro atoms. The first-order chi connectivity index (χ1) is 17.0. The van der Waals surface area contributed by atoms with Crippen molar-refractivity contribution in [3.63, 3.8) is 0 Å². The molecule has 1 fully saturated rings. The second kappa shape index (κ2) is 48.4. The molecule has 0 heteroatoms. The second-order valence-electron chi connectivity index (χ2n) is 5.62. The summed E-state index contributed by atoms with van der Waals surface area (Å²) >= 11 is 0. The molecule has 0 atom stereocenters. The van der Waals surface area contributed by atoms with Crippen LogP contribution in [-0.4, -0.2) is 0 Å². The Balaban J connectivity index is -0.000000104. The maximum absolute atomic E-state index is 2.12. The number of fused-ring (bicyclic) bond motifs is 1. The van der Waals surface area contributed by atoms with Gasteiger partial charge in [-0.25, -0.2) is 0 Å². The van der Waals surface area contributed by atoms with E-state index >= 15 is 0 Å². The normalized spacial score (nSPS) is 9.65. The molecule has 4 rings (SSSR count). The number of hydrogen-bond acceptors (Lipinski definition) is 0. The summed E-state index contributed by atoms with van der Waals surface area (Å²) in [5, 5.41) is 2.62. The van der Waals surface area contributed by atoms with Crippen molar-refractivity contribution in [1.29, 1.82) is 0 Å². The summed E-state index contributed by atoms with van der Waals surface area (Å²) in [7, 11) is 0. The van der Waals surface area contributed by atoms with Crippen LogP contribution in [0.5, 0.6) is 0 Å². The predicted molar refractivity (Wildman–Crippen MR) is 166 cm³/mol. The highest BCUT2D eigenvalue weighted by Crippen LogP contribution is 2.15. The molecule has 0 bridgehead atoms. The van der Waals surface area contributed by atoms with Gasteiger partial charge >= 0.3 is 0 Å². The quantitative estimate of drug-likeness (QED) is 0.306. The van der Waals surface area contributed by atoms with E-state index in [4.69, 9.17) is 0 Å². The highest BCUT2D eigenvalue weighted by atomic mass is 14.0. The molecule has 0 aliphatic heterocycles. The molecule has 3 aromatic rings. The van der Waals surface area contributed by atoms with Crippen molar-refractivity contribution >= 4 is 10.8 Å². The maximum atomic E-state index is 2.12. The Bertz CT molecular complexity index is 505. The smallest absolute Gasteiger partial charge is 0.0184 e. The van der Waals surface area contributed by atoms with Gasteiger partial charge in [-0.1, -0.05) is 207 Å². The molecule has 0 N–H and O–H groups in total. The number of benzene rings is 3. The van der Waals surface area contributed by atoms with E-state index in [1.54, 1.807) is 0 Å². The Hall–Kier alpha value is -2.08. The summed E-state index contributed by atoms with van der Waals surface area (Å²) in [6.45, 7) is 24.0. The fourth-order valence-electron chi connectivity index (χ4n) is 2.58. The molecule has 0 aromatic heterocycles. The molecule has 1 saturated carbocycles. The summed E-state index contributed by atoms with van der Waals surface area (Å²) in [5.41, 5.74) is 0. The van der Waals surface area contributed by atoms with Crippen molar-refractivity contribution in [2.24, 2.45) is 0 Å². The van der Waals surface area contributed by atoms with Crippen LogP contribution in [0.1, 0.15) is 122 Å². The van der Waals surface area contributed by atoms with Gasteiger partial charge in [-0.05, 0) is 10.8 Å². The zero-order valence-electron chi connectivity index (χ0n) is 25.3. The molecule has 1 aliphatic rings. The van der Waals surface area contributed by atoms with Crippen LogP contribution in [0.2, 0.25) is 0 Å². The van der Waals surface area contributed by atoms with Gasteiger partial charge in [-0.2, -0.15) is 0 Å². The van der Waals surface area contributed by atoms with E-state index < -0.39 is 0 Å². The van der Waals surface area contributed by atoms with Gasteiger partial charge in [0.25, 0.3) is 0 Å². The predicted octanol–water partition coefficient (Wildman–Crippen LogP) is 13.0. The van der Waals surface area contributed by atoms with Gasteiger partial charge in [0.1, 0.15) is 0 Å². The van der Waals surface area contributed by atoms with E-state index in [1.165, 1.54) is 49.3 Å². The average Bonchev–Trinajstić information content (AvgIpc) is 3.02. The molecule has 0 radical (unpaired) electrons. The zero-order valence-corrected chi connectivity index (χ0v) is 25.3. The van der Waals surface area contributed by atoms with Gasteiger partial charge in [0, 0.05) is 0 Å². The largest absolute Gasteiger partial charge is 0.0683 e. The van der Waals surface area contributed by atoms with E-state index in [9.17, 15) is 0 Å². The number of hydrogen-bond donors (Lipinski definition) is 0. The van der Waals surface area contributed by atoms with Gasteiger partial charge in [-0.3, -0.25) is 0 Å². The third-order valence-corrected chi connectivity index (χ3v) is 3.83. The first-order valence-electron chi connectivity index (χ1n) is 14.4. The molecule has 0 saturated heterocycles. The van der Waals surface area contributed by atoms with E-state index in [0.29, 0.717) is 0 Å². The third kappa shape index (κ3) is 32.1. The summed E-state index contributed by atoms with van der Waals surface area (Å²) in [4.78, 5) is 0. The van der Waals surface area contributed by atoms with Crippen LogP contribution in [0.15, 0.2) is 84.9 Å². The highest BCUT2D eigenvalue weighted by Gasteiger charge is 1.95. The third-order valence-electron chi connectivity index (χ3n) is 3.83. The van der Waals surface area contributed by atoms with Crippen LogP contribution in [0.4, 0.5) is 0 Å². The Kier molecular flexibility index (Phi) is 59.9. The molecular weight excluding hydrogens is 408 g/mol. The number of rotatable bonds is 0. The van der Waals surface area contributed by atoms with E-state index in [0.717, 1.165) is 0 Å². The lowest BCUT2D eigenvalue weighted by atomic mass is 10.0. The average molecular weight is 471 g/mol. The first kappa shape index (κ1) is 42.1. The maximum Gasteiger partial charge on any atom is -0.0184 e. The first-order valence-corrected chi connectivity index (χ1v) is 14.4. The Morgan fingerprint density at radius 1 is 0.265 bits per heavy atom. The van der Waals surface area contributed by atoms with Crippen molar-refractivity contribution in [3.05, 3.63) is 84.9 Å². The minimum absolute atomic E-state index is 1.31. The SMILES string of the molecule is C1CCCCC1.CC.CC.CC.CC.CC.CC.c1ccc2ccccc2c1.c1ccccc1. The zero-order chi connectivity index (χ0) is 27.3. The lowest BCUT2D eigenvalue weighted by Gasteiger charge is -2.05. The molecular formula is C34H62. The van der Waals surface area contributed by atoms with Gasteiger partial charge in [0.15, 0.2) is 0 Å². The van der Waals surface area contributed by atoms with Crippen LogP contribution < -0.4 is 0 Å². The van der Waals surface area contributed by atoms with Crippen LogP contribution in [-0.2, 0) is 0 Å². The van der Waals surface area contributed by atoms with Gasteiger partial charge in [0.2, 0.25) is 0 Å². The highest BCUT2D eigenvalue weighted by molar-refractivity contribution is 5.81. The van der Waals surface area contributed by atoms with Crippen molar-refractivity contribution in [2.45, 2.75) is 122 Å². The molecule has 0 heterocycles. The standard InChI is InChI=1S/C10H8.C6H12.C6H6.6C2H6/c1-2-6-10-8-4-3-7-9(10)5-1;2*1-2-4-6-5-3-1;6*1-2/h1-8H;1-6H2;1-6H;6*1-2H3. The Labute approximate surface area is 217 Å². The minimum atomic E-state index is 1.31. The van der Waals surface area contributed by atoms with Gasteiger partial charge < -0.3 is 0 Å². The second-order valence-corrected chi connectivity index (χ2v) is 5.62. The molecule has 0 nitrogen and oxygen atoms in total. The molecule has 0 unspecified atom stereocenters. The van der Waals surface area contributed by atoms with E-state index in [1.807, 2.05) is 119 Å².